The molecule has 1 rings (SSSR count). The molecule has 0 aromatic heterocycles. The first-order valence-corrected chi connectivity index (χ1v) is 4.79. The predicted octanol–water partition coefficient (Wildman–Crippen LogP) is 0.347. The topological polar surface area (TPSA) is 55.1 Å². The van der Waals surface area contributed by atoms with Gasteiger partial charge < -0.3 is 11.1 Å². The summed E-state index contributed by atoms with van der Waals surface area (Å²) < 4.78 is 0. The Morgan fingerprint density at radius 3 is 2.64 bits per heavy atom. The maximum atomic E-state index is 10.8. The average molecular weight is 192 g/mol. The molecule has 3 heteroatoms. The summed E-state index contributed by atoms with van der Waals surface area (Å²) in [5.41, 5.74) is 6.45. The number of carbonyl (C=O) groups excluding carboxylic acids is 1. The van der Waals surface area contributed by atoms with Gasteiger partial charge in [-0.1, -0.05) is 30.3 Å². The highest BCUT2D eigenvalue weighted by atomic mass is 16.1. The van der Waals surface area contributed by atoms with E-state index in [9.17, 15) is 4.79 Å². The summed E-state index contributed by atoms with van der Waals surface area (Å²) in [6.45, 7) is 1.32. The summed E-state index contributed by atoms with van der Waals surface area (Å²) in [5, 5.41) is 3.06. The maximum Gasteiger partial charge on any atom is 0.160 e. The van der Waals surface area contributed by atoms with Crippen molar-refractivity contribution in [2.24, 2.45) is 5.73 Å². The monoisotopic (exact) mass is 192 g/mol. The normalized spacial score (nSPS) is 10.1. The summed E-state index contributed by atoms with van der Waals surface area (Å²) in [7, 11) is 0. The Bertz CT molecular complexity index is 272. The second-order valence-electron chi connectivity index (χ2n) is 3.16. The molecule has 0 fully saturated rings. The number of hydrogen-bond donors (Lipinski definition) is 2. The fourth-order valence-electron chi connectivity index (χ4n) is 1.18. The number of Topliss-reactive ketones (excluding diaryl/α,β-unsaturated/α-hetero) is 1. The summed E-state index contributed by atoms with van der Waals surface area (Å²) in [6, 6.07) is 10.2. The molecule has 0 saturated carbocycles. The smallest absolute Gasteiger partial charge is 0.160 e. The highest BCUT2D eigenvalue weighted by molar-refractivity contribution is 5.82. The van der Waals surface area contributed by atoms with E-state index in [2.05, 4.69) is 17.4 Å². The van der Waals surface area contributed by atoms with Gasteiger partial charge in [-0.2, -0.15) is 0 Å². The van der Waals surface area contributed by atoms with Gasteiger partial charge in [-0.05, 0) is 18.5 Å². The van der Waals surface area contributed by atoms with E-state index >= 15 is 0 Å². The molecule has 1 aromatic carbocycles. The fourth-order valence-corrected chi connectivity index (χ4v) is 1.18. The van der Waals surface area contributed by atoms with Gasteiger partial charge in [0, 0.05) is 0 Å². The van der Waals surface area contributed by atoms with Gasteiger partial charge in [-0.15, -0.1) is 0 Å². The Morgan fingerprint density at radius 1 is 1.29 bits per heavy atom. The third kappa shape index (κ3) is 4.16. The first-order chi connectivity index (χ1) is 6.83. The van der Waals surface area contributed by atoms with Crippen LogP contribution in [-0.4, -0.2) is 25.4 Å². The van der Waals surface area contributed by atoms with E-state index in [0.29, 0.717) is 6.54 Å². The van der Waals surface area contributed by atoms with Crippen LogP contribution in [0.15, 0.2) is 30.3 Å². The van der Waals surface area contributed by atoms with Gasteiger partial charge in [0.2, 0.25) is 0 Å². The third-order valence-electron chi connectivity index (χ3n) is 1.98. The lowest BCUT2D eigenvalue weighted by atomic mass is 10.1. The summed E-state index contributed by atoms with van der Waals surface area (Å²) in [5.74, 6) is 0.0538. The zero-order valence-electron chi connectivity index (χ0n) is 8.20. The van der Waals surface area contributed by atoms with Gasteiger partial charge in [-0.3, -0.25) is 4.79 Å². The van der Waals surface area contributed by atoms with Crippen molar-refractivity contribution in [2.45, 2.75) is 6.42 Å². The highest BCUT2D eigenvalue weighted by Crippen LogP contribution is 1.97. The molecule has 14 heavy (non-hydrogen) atoms. The Hall–Kier alpha value is -1.19. The third-order valence-corrected chi connectivity index (χ3v) is 1.98. The number of nitrogens with one attached hydrogen (secondary N) is 1. The number of benzene rings is 1. The zero-order chi connectivity index (χ0) is 10.2. The van der Waals surface area contributed by atoms with Crippen molar-refractivity contribution in [2.75, 3.05) is 19.6 Å². The van der Waals surface area contributed by atoms with Crippen LogP contribution in [0.3, 0.4) is 0 Å². The Balaban J connectivity index is 2.13. The second kappa shape index (κ2) is 6.29. The molecule has 1 aromatic rings. The van der Waals surface area contributed by atoms with E-state index in [4.69, 9.17) is 5.73 Å². The summed E-state index contributed by atoms with van der Waals surface area (Å²) in [4.78, 5) is 10.8. The molecule has 0 saturated heterocycles. The van der Waals surface area contributed by atoms with E-state index in [-0.39, 0.29) is 12.3 Å². The number of hydrogen-bond acceptors (Lipinski definition) is 3. The lowest BCUT2D eigenvalue weighted by Gasteiger charge is -2.02. The second-order valence-corrected chi connectivity index (χ2v) is 3.16. The van der Waals surface area contributed by atoms with Crippen molar-refractivity contribution in [1.82, 2.24) is 5.32 Å². The molecule has 0 atom stereocenters. The standard InChI is InChI=1S/C11H16N2O/c12-8-11(14)9-13-7-6-10-4-2-1-3-5-10/h1-5,13H,6-9,12H2. The molecule has 0 radical (unpaired) electrons. The SMILES string of the molecule is NCC(=O)CNCCc1ccccc1. The molecular formula is C11H16N2O. The minimum absolute atomic E-state index is 0.0538. The molecule has 0 aliphatic carbocycles. The van der Waals surface area contributed by atoms with Crippen molar-refractivity contribution in [3.05, 3.63) is 35.9 Å². The largest absolute Gasteiger partial charge is 0.324 e. The number of rotatable bonds is 6. The molecule has 3 N–H and O–H groups in total. The van der Waals surface area contributed by atoms with Crippen LogP contribution >= 0.6 is 0 Å². The van der Waals surface area contributed by atoms with Gasteiger partial charge in [-0.25, -0.2) is 0 Å². The van der Waals surface area contributed by atoms with Crippen LogP contribution in [0, 0.1) is 0 Å². The molecule has 0 aliphatic heterocycles. The quantitative estimate of drug-likeness (QED) is 0.639. The van der Waals surface area contributed by atoms with Crippen molar-refractivity contribution in [1.29, 1.82) is 0 Å². The first kappa shape index (κ1) is 10.9. The Kier molecular flexibility index (Phi) is 4.89. The number of carbonyl (C=O) groups is 1. The lowest BCUT2D eigenvalue weighted by molar-refractivity contribution is -0.116. The van der Waals surface area contributed by atoms with Crippen LogP contribution in [0.25, 0.3) is 0 Å². The maximum absolute atomic E-state index is 10.8. The molecule has 0 spiro atoms. The van der Waals surface area contributed by atoms with E-state index in [1.54, 1.807) is 0 Å². The minimum Gasteiger partial charge on any atom is -0.324 e. The molecule has 3 nitrogen and oxygen atoms in total. The van der Waals surface area contributed by atoms with Gasteiger partial charge >= 0.3 is 0 Å². The van der Waals surface area contributed by atoms with Crippen LogP contribution in [-0.2, 0) is 11.2 Å². The summed E-state index contributed by atoms with van der Waals surface area (Å²) in [6.07, 6.45) is 0.943. The Labute approximate surface area is 84.3 Å². The van der Waals surface area contributed by atoms with Crippen LogP contribution in [0.4, 0.5) is 0 Å². The fraction of sp³-hybridized carbons (Fsp3) is 0.364. The Morgan fingerprint density at radius 2 is 2.00 bits per heavy atom. The summed E-state index contributed by atoms with van der Waals surface area (Å²) >= 11 is 0. The van der Waals surface area contributed by atoms with Crippen LogP contribution in [0.2, 0.25) is 0 Å². The predicted molar refractivity (Wildman–Crippen MR) is 57.1 cm³/mol. The minimum atomic E-state index is 0.0538. The molecule has 76 valence electrons. The number of nitrogens with two attached hydrogens (primary N) is 1. The molecule has 0 heterocycles. The van der Waals surface area contributed by atoms with Crippen LogP contribution < -0.4 is 11.1 Å². The van der Waals surface area contributed by atoms with Crippen molar-refractivity contribution < 1.29 is 4.79 Å². The average Bonchev–Trinajstić information content (AvgIpc) is 2.25. The van der Waals surface area contributed by atoms with E-state index < -0.39 is 0 Å². The van der Waals surface area contributed by atoms with E-state index in [0.717, 1.165) is 13.0 Å². The van der Waals surface area contributed by atoms with Crippen molar-refractivity contribution in [3.63, 3.8) is 0 Å². The van der Waals surface area contributed by atoms with E-state index in [1.807, 2.05) is 18.2 Å². The van der Waals surface area contributed by atoms with Gasteiger partial charge in [0.25, 0.3) is 0 Å². The lowest BCUT2D eigenvalue weighted by Crippen LogP contribution is -2.29. The van der Waals surface area contributed by atoms with Gasteiger partial charge in [0.05, 0.1) is 13.1 Å². The van der Waals surface area contributed by atoms with Gasteiger partial charge in [0.1, 0.15) is 0 Å². The van der Waals surface area contributed by atoms with E-state index in [1.165, 1.54) is 5.56 Å². The molecule has 0 bridgehead atoms. The molecular weight excluding hydrogens is 176 g/mol. The van der Waals surface area contributed by atoms with Crippen LogP contribution in [0.1, 0.15) is 5.56 Å². The van der Waals surface area contributed by atoms with Gasteiger partial charge in [0.15, 0.2) is 5.78 Å². The molecule has 0 aliphatic rings. The van der Waals surface area contributed by atoms with Crippen molar-refractivity contribution >= 4 is 5.78 Å². The zero-order valence-corrected chi connectivity index (χ0v) is 8.20. The first-order valence-electron chi connectivity index (χ1n) is 4.79. The highest BCUT2D eigenvalue weighted by Gasteiger charge is 1.96. The van der Waals surface area contributed by atoms with Crippen LogP contribution in [0.5, 0.6) is 0 Å². The molecule has 0 unspecified atom stereocenters. The van der Waals surface area contributed by atoms with Crippen molar-refractivity contribution in [3.8, 4) is 0 Å². The number of ketones is 1. The molecule has 0 amide bonds.